The second-order valence-corrected chi connectivity index (χ2v) is 6.06. The molecule has 1 aliphatic rings. The third kappa shape index (κ3) is 2.50. The summed E-state index contributed by atoms with van der Waals surface area (Å²) in [5, 5.41) is 0. The number of rotatable bonds is 1. The Hall–Kier alpha value is -3.03. The fourth-order valence-electron chi connectivity index (χ4n) is 3.07. The molecule has 128 valence electrons. The van der Waals surface area contributed by atoms with E-state index in [1.807, 2.05) is 0 Å². The maximum Gasteiger partial charge on any atom is 0.338 e. The number of amides is 1. The van der Waals surface area contributed by atoms with Gasteiger partial charge < -0.3 is 4.90 Å². The van der Waals surface area contributed by atoms with E-state index < -0.39 is 5.69 Å². The van der Waals surface area contributed by atoms with Crippen LogP contribution < -0.4 is 5.69 Å². The minimum atomic E-state index is -0.447. The number of fused-ring (bicyclic) bond motifs is 1. The molecule has 0 atom stereocenters. The second kappa shape index (κ2) is 5.80. The number of benzene rings is 1. The summed E-state index contributed by atoms with van der Waals surface area (Å²) in [6.45, 7) is 1.27. The van der Waals surface area contributed by atoms with E-state index in [4.69, 9.17) is 0 Å². The van der Waals surface area contributed by atoms with E-state index in [-0.39, 0.29) is 17.5 Å². The Morgan fingerprint density at radius 3 is 2.52 bits per heavy atom. The summed E-state index contributed by atoms with van der Waals surface area (Å²) in [6.07, 6.45) is 3.37. The first kappa shape index (κ1) is 15.5. The Morgan fingerprint density at radius 1 is 1.16 bits per heavy atom. The van der Waals surface area contributed by atoms with Gasteiger partial charge in [0.05, 0.1) is 6.20 Å². The van der Waals surface area contributed by atoms with Crippen LogP contribution in [-0.2, 0) is 7.05 Å². The second-order valence-electron chi connectivity index (χ2n) is 6.06. The molecule has 0 radical (unpaired) electrons. The molecule has 1 fully saturated rings. The van der Waals surface area contributed by atoms with Crippen LogP contribution in [0.5, 0.6) is 0 Å². The van der Waals surface area contributed by atoms with Crippen LogP contribution in [0.1, 0.15) is 12.8 Å². The minimum Gasteiger partial charge on any atom is -0.324 e. The summed E-state index contributed by atoms with van der Waals surface area (Å²) >= 11 is 0. The van der Waals surface area contributed by atoms with Crippen LogP contribution in [0.4, 0.5) is 9.18 Å². The third-order valence-electron chi connectivity index (χ3n) is 4.47. The SMILES string of the molecule is Cn1c(=O)n(C(=O)N2CCCC2)c2nc(-c3ccc(F)cc3)ncc21. The van der Waals surface area contributed by atoms with Crippen LogP contribution in [0, 0.1) is 5.82 Å². The first-order chi connectivity index (χ1) is 12.1. The molecule has 0 saturated carbocycles. The van der Waals surface area contributed by atoms with Crippen molar-refractivity contribution in [3.8, 4) is 11.4 Å². The maximum absolute atomic E-state index is 13.1. The van der Waals surface area contributed by atoms with Crippen molar-refractivity contribution in [2.75, 3.05) is 13.1 Å². The van der Waals surface area contributed by atoms with Gasteiger partial charge in [-0.2, -0.15) is 4.57 Å². The van der Waals surface area contributed by atoms with Crippen LogP contribution >= 0.6 is 0 Å². The van der Waals surface area contributed by atoms with E-state index in [1.165, 1.54) is 22.9 Å². The van der Waals surface area contributed by atoms with Crippen molar-refractivity contribution in [2.45, 2.75) is 12.8 Å². The van der Waals surface area contributed by atoms with Crippen molar-refractivity contribution in [1.82, 2.24) is 24.0 Å². The monoisotopic (exact) mass is 341 g/mol. The smallest absolute Gasteiger partial charge is 0.324 e. The number of aryl methyl sites for hydroxylation is 1. The summed E-state index contributed by atoms with van der Waals surface area (Å²) in [4.78, 5) is 35.6. The number of nitrogens with zero attached hydrogens (tertiary/aromatic N) is 5. The first-order valence-electron chi connectivity index (χ1n) is 8.06. The Labute approximate surface area is 142 Å². The van der Waals surface area contributed by atoms with Gasteiger partial charge in [-0.1, -0.05) is 0 Å². The van der Waals surface area contributed by atoms with E-state index in [9.17, 15) is 14.0 Å². The number of aromatic nitrogens is 4. The van der Waals surface area contributed by atoms with Gasteiger partial charge in [0, 0.05) is 25.7 Å². The summed E-state index contributed by atoms with van der Waals surface area (Å²) in [6, 6.07) is 5.39. The number of carbonyl (C=O) groups excluding carboxylic acids is 1. The van der Waals surface area contributed by atoms with Crippen LogP contribution in [0.25, 0.3) is 22.6 Å². The molecule has 3 heterocycles. The van der Waals surface area contributed by atoms with Crippen molar-refractivity contribution < 1.29 is 9.18 Å². The predicted molar refractivity (Wildman–Crippen MR) is 89.8 cm³/mol. The molecule has 1 aliphatic heterocycles. The first-order valence-corrected chi connectivity index (χ1v) is 8.06. The van der Waals surface area contributed by atoms with E-state index in [1.54, 1.807) is 24.1 Å². The van der Waals surface area contributed by atoms with Crippen LogP contribution in [0.2, 0.25) is 0 Å². The fourth-order valence-corrected chi connectivity index (χ4v) is 3.07. The third-order valence-corrected chi connectivity index (χ3v) is 4.47. The van der Waals surface area contributed by atoms with Crippen LogP contribution in [0.3, 0.4) is 0 Å². The van der Waals surface area contributed by atoms with E-state index >= 15 is 0 Å². The predicted octanol–water partition coefficient (Wildman–Crippen LogP) is 2.00. The highest BCUT2D eigenvalue weighted by molar-refractivity contribution is 5.87. The molecule has 3 aromatic rings. The molecule has 25 heavy (non-hydrogen) atoms. The van der Waals surface area contributed by atoms with Gasteiger partial charge in [-0.3, -0.25) is 4.57 Å². The molecule has 0 aliphatic carbocycles. The van der Waals surface area contributed by atoms with E-state index in [2.05, 4.69) is 9.97 Å². The summed E-state index contributed by atoms with van der Waals surface area (Å²) in [5.74, 6) is -0.0215. The lowest BCUT2D eigenvalue weighted by atomic mass is 10.2. The van der Waals surface area contributed by atoms with E-state index in [0.29, 0.717) is 30.0 Å². The standard InChI is InChI=1S/C17H16FN5O2/c1-21-13-10-19-14(11-4-6-12(18)7-5-11)20-15(13)23(16(21)24)17(25)22-8-2-3-9-22/h4-7,10H,2-3,8-9H2,1H3. The average Bonchev–Trinajstić information content (AvgIpc) is 3.23. The van der Waals surface area contributed by atoms with Crippen LogP contribution in [0.15, 0.2) is 35.3 Å². The topological polar surface area (TPSA) is 73.0 Å². The molecule has 1 aromatic carbocycles. The summed E-state index contributed by atoms with van der Waals surface area (Å²) in [7, 11) is 1.58. The van der Waals surface area contributed by atoms with Crippen molar-refractivity contribution in [2.24, 2.45) is 7.05 Å². The van der Waals surface area contributed by atoms with Gasteiger partial charge in [-0.15, -0.1) is 0 Å². The highest BCUT2D eigenvalue weighted by atomic mass is 19.1. The minimum absolute atomic E-state index is 0.263. The van der Waals surface area contributed by atoms with Crippen molar-refractivity contribution in [3.63, 3.8) is 0 Å². The van der Waals surface area contributed by atoms with Gasteiger partial charge in [0.2, 0.25) is 0 Å². The molecule has 0 spiro atoms. The number of likely N-dealkylation sites (tertiary alicyclic amines) is 1. The zero-order chi connectivity index (χ0) is 17.6. The molecule has 8 heteroatoms. The molecule has 1 saturated heterocycles. The van der Waals surface area contributed by atoms with Crippen LogP contribution in [-0.4, -0.2) is 43.1 Å². The largest absolute Gasteiger partial charge is 0.338 e. The molecule has 1 amide bonds. The van der Waals surface area contributed by atoms with E-state index in [0.717, 1.165) is 17.4 Å². The number of imidazole rings is 1. The lowest BCUT2D eigenvalue weighted by Gasteiger charge is -2.14. The quantitative estimate of drug-likeness (QED) is 0.679. The van der Waals surface area contributed by atoms with Gasteiger partial charge in [0.15, 0.2) is 11.5 Å². The Morgan fingerprint density at radius 2 is 1.84 bits per heavy atom. The average molecular weight is 341 g/mol. The lowest BCUT2D eigenvalue weighted by Crippen LogP contribution is -2.38. The number of halogens is 1. The van der Waals surface area contributed by atoms with Crippen molar-refractivity contribution >= 4 is 17.2 Å². The molecule has 0 N–H and O–H groups in total. The number of hydrogen-bond donors (Lipinski definition) is 0. The molecule has 4 rings (SSSR count). The van der Waals surface area contributed by atoms with Gasteiger partial charge >= 0.3 is 11.7 Å². The zero-order valence-corrected chi connectivity index (χ0v) is 13.6. The lowest BCUT2D eigenvalue weighted by molar-refractivity contribution is 0.210. The van der Waals surface area contributed by atoms with Crippen molar-refractivity contribution in [3.05, 3.63) is 46.8 Å². The molecule has 0 bridgehead atoms. The summed E-state index contributed by atoms with van der Waals surface area (Å²) in [5.41, 5.74) is 0.902. The van der Waals surface area contributed by atoms with Gasteiger partial charge in [0.1, 0.15) is 11.3 Å². The number of hydrogen-bond acceptors (Lipinski definition) is 4. The summed E-state index contributed by atoms with van der Waals surface area (Å²) < 4.78 is 15.6. The molecule has 7 nitrogen and oxygen atoms in total. The highest BCUT2D eigenvalue weighted by Gasteiger charge is 2.25. The highest BCUT2D eigenvalue weighted by Crippen LogP contribution is 2.19. The van der Waals surface area contributed by atoms with Crippen molar-refractivity contribution in [1.29, 1.82) is 0 Å². The number of carbonyl (C=O) groups is 1. The molecular formula is C17H16FN5O2. The Balaban J connectivity index is 1.88. The van der Waals surface area contributed by atoms with Gasteiger partial charge in [-0.25, -0.2) is 23.9 Å². The van der Waals surface area contributed by atoms with Gasteiger partial charge in [-0.05, 0) is 37.1 Å². The Kier molecular flexibility index (Phi) is 3.60. The normalized spacial score (nSPS) is 14.4. The molecular weight excluding hydrogens is 325 g/mol. The zero-order valence-electron chi connectivity index (χ0n) is 13.6. The van der Waals surface area contributed by atoms with Gasteiger partial charge in [0.25, 0.3) is 0 Å². The maximum atomic E-state index is 13.1. The fraction of sp³-hybridized carbons (Fsp3) is 0.294. The Bertz CT molecular complexity index is 1020. The molecule has 2 aromatic heterocycles. The molecule has 0 unspecified atom stereocenters.